The molecule has 0 radical (unpaired) electrons. The van der Waals surface area contributed by atoms with Gasteiger partial charge < -0.3 is 15.2 Å². The second kappa shape index (κ2) is 6.19. The van der Waals surface area contributed by atoms with Crippen LogP contribution in [0.15, 0.2) is 53.3 Å². The summed E-state index contributed by atoms with van der Waals surface area (Å²) in [5.41, 5.74) is 3.49. The smallest absolute Gasteiger partial charge is 0.315 e. The molecule has 28 heavy (non-hydrogen) atoms. The lowest BCUT2D eigenvalue weighted by atomic mass is 10.0. The van der Waals surface area contributed by atoms with Gasteiger partial charge in [-0.25, -0.2) is 9.18 Å². The number of carbonyl (C=O) groups is 1. The molecule has 1 aromatic heterocycles. The van der Waals surface area contributed by atoms with Crippen LogP contribution in [0.1, 0.15) is 22.6 Å². The van der Waals surface area contributed by atoms with Crippen LogP contribution in [0, 0.1) is 11.7 Å². The number of aryl methyl sites for hydroxylation is 1. The highest BCUT2D eigenvalue weighted by Gasteiger charge is 2.56. The fraction of sp³-hybridized carbons (Fsp3) is 0.273. The summed E-state index contributed by atoms with van der Waals surface area (Å²) in [7, 11) is 1.74. The number of fused-ring (bicyclic) bond motifs is 4. The van der Waals surface area contributed by atoms with E-state index in [0.717, 1.165) is 28.5 Å². The first-order valence-electron chi connectivity index (χ1n) is 9.43. The van der Waals surface area contributed by atoms with Crippen molar-refractivity contribution in [3.05, 3.63) is 81.4 Å². The monoisotopic (exact) mass is 377 g/mol. The summed E-state index contributed by atoms with van der Waals surface area (Å²) in [5, 5.41) is 6.76. The summed E-state index contributed by atoms with van der Waals surface area (Å²) >= 11 is 0. The van der Waals surface area contributed by atoms with Crippen LogP contribution in [0.3, 0.4) is 0 Å². The summed E-state index contributed by atoms with van der Waals surface area (Å²) in [5.74, 6) is 0.408. The first-order valence-corrected chi connectivity index (χ1v) is 9.43. The fourth-order valence-corrected chi connectivity index (χ4v) is 4.57. The number of nitrogens with one attached hydrogen (secondary N) is 2. The van der Waals surface area contributed by atoms with E-state index in [-0.39, 0.29) is 35.9 Å². The Morgan fingerprint density at radius 2 is 2.04 bits per heavy atom. The number of para-hydroxylation sites is 1. The maximum Gasteiger partial charge on any atom is 0.315 e. The minimum atomic E-state index is -0.279. The van der Waals surface area contributed by atoms with Gasteiger partial charge in [0.05, 0.1) is 5.52 Å². The highest BCUT2D eigenvalue weighted by Crippen LogP contribution is 2.56. The van der Waals surface area contributed by atoms with E-state index in [4.69, 9.17) is 0 Å². The lowest BCUT2D eigenvalue weighted by Gasteiger charge is -2.12. The Labute approximate surface area is 161 Å². The number of amides is 2. The summed E-state index contributed by atoms with van der Waals surface area (Å²) in [6.45, 7) is 0.174. The Kier molecular flexibility index (Phi) is 3.75. The van der Waals surface area contributed by atoms with Gasteiger partial charge in [-0.3, -0.25) is 4.79 Å². The summed E-state index contributed by atoms with van der Waals surface area (Å²) < 4.78 is 14.9. The van der Waals surface area contributed by atoms with Crippen molar-refractivity contribution in [2.24, 2.45) is 13.0 Å². The van der Waals surface area contributed by atoms with Gasteiger partial charge in [-0.2, -0.15) is 0 Å². The molecule has 3 unspecified atom stereocenters. The molecule has 1 heterocycles. The molecule has 1 fully saturated rings. The van der Waals surface area contributed by atoms with E-state index in [2.05, 4.69) is 10.6 Å². The molecule has 2 aliphatic rings. The number of halogens is 1. The third-order valence-electron chi connectivity index (χ3n) is 6.03. The van der Waals surface area contributed by atoms with Crippen LogP contribution in [0.25, 0.3) is 10.9 Å². The number of rotatable bonds is 3. The number of nitrogens with zero attached hydrogens (tertiary/aromatic N) is 1. The van der Waals surface area contributed by atoms with Gasteiger partial charge in [0.2, 0.25) is 0 Å². The van der Waals surface area contributed by atoms with Crippen LogP contribution in [-0.4, -0.2) is 16.6 Å². The quantitative estimate of drug-likeness (QED) is 0.737. The number of hydrogen-bond acceptors (Lipinski definition) is 2. The van der Waals surface area contributed by atoms with Crippen molar-refractivity contribution in [1.29, 1.82) is 0 Å². The number of carbonyl (C=O) groups excluding carboxylic acids is 1. The van der Waals surface area contributed by atoms with Gasteiger partial charge in [-0.1, -0.05) is 24.3 Å². The van der Waals surface area contributed by atoms with E-state index in [9.17, 15) is 14.0 Å². The Bertz CT molecular complexity index is 1170. The third kappa shape index (κ3) is 2.68. The zero-order chi connectivity index (χ0) is 19.4. The molecule has 0 spiro atoms. The molecule has 2 aliphatic carbocycles. The third-order valence-corrected chi connectivity index (χ3v) is 6.03. The minimum Gasteiger partial charge on any atom is -0.334 e. The lowest BCUT2D eigenvalue weighted by molar-refractivity contribution is 0.239. The van der Waals surface area contributed by atoms with E-state index in [1.165, 1.54) is 6.07 Å². The molecule has 5 rings (SSSR count). The van der Waals surface area contributed by atoms with Gasteiger partial charge in [0, 0.05) is 31.1 Å². The van der Waals surface area contributed by atoms with E-state index in [0.29, 0.717) is 11.5 Å². The van der Waals surface area contributed by atoms with Crippen LogP contribution in [0.5, 0.6) is 0 Å². The number of pyridine rings is 1. The predicted octanol–water partition coefficient (Wildman–Crippen LogP) is 2.82. The highest BCUT2D eigenvalue weighted by molar-refractivity contribution is 5.80. The van der Waals surface area contributed by atoms with Crippen molar-refractivity contribution in [3.8, 4) is 0 Å². The second-order valence-electron chi connectivity index (χ2n) is 7.68. The molecule has 2 amide bonds. The van der Waals surface area contributed by atoms with Gasteiger partial charge in [-0.15, -0.1) is 0 Å². The molecule has 0 bridgehead atoms. The molecular weight excluding hydrogens is 357 g/mol. The van der Waals surface area contributed by atoms with Crippen molar-refractivity contribution in [3.63, 3.8) is 0 Å². The summed E-state index contributed by atoms with van der Waals surface area (Å²) in [4.78, 5) is 24.8. The maximum atomic E-state index is 13.3. The number of benzene rings is 2. The highest BCUT2D eigenvalue weighted by atomic mass is 19.1. The molecule has 0 saturated heterocycles. The molecule has 3 aromatic rings. The van der Waals surface area contributed by atoms with Gasteiger partial charge >= 0.3 is 6.03 Å². The minimum absolute atomic E-state index is 0.0809. The average molecular weight is 377 g/mol. The standard InChI is InChI=1S/C22H20FN3O2/c1-26-18-5-3-2-4-12(18)8-14(21(26)27)11-24-22(28)25-20-17-10-13-9-15(23)6-7-16(13)19(17)20/h2-9,17,19-20H,10-11H2,1H3,(H2,24,25,28). The zero-order valence-electron chi connectivity index (χ0n) is 15.4. The van der Waals surface area contributed by atoms with Crippen LogP contribution in [-0.2, 0) is 20.0 Å². The van der Waals surface area contributed by atoms with E-state index >= 15 is 0 Å². The van der Waals surface area contributed by atoms with Gasteiger partial charge in [0.15, 0.2) is 0 Å². The molecule has 1 saturated carbocycles. The topological polar surface area (TPSA) is 63.1 Å². The lowest BCUT2D eigenvalue weighted by Crippen LogP contribution is -2.39. The second-order valence-corrected chi connectivity index (χ2v) is 7.68. The van der Waals surface area contributed by atoms with Crippen molar-refractivity contribution in [2.75, 3.05) is 0 Å². The summed E-state index contributed by atoms with van der Waals surface area (Å²) in [6, 6.07) is 14.2. The van der Waals surface area contributed by atoms with Crippen LogP contribution < -0.4 is 16.2 Å². The van der Waals surface area contributed by atoms with Crippen molar-refractivity contribution in [1.82, 2.24) is 15.2 Å². The van der Waals surface area contributed by atoms with Crippen molar-refractivity contribution < 1.29 is 9.18 Å². The largest absolute Gasteiger partial charge is 0.334 e. The normalized spacial score (nSPS) is 21.9. The first kappa shape index (κ1) is 17.0. The van der Waals surface area contributed by atoms with Gasteiger partial charge in [-0.05, 0) is 53.1 Å². The predicted molar refractivity (Wildman–Crippen MR) is 105 cm³/mol. The molecule has 0 aliphatic heterocycles. The number of urea groups is 1. The molecule has 2 N–H and O–H groups in total. The molecule has 3 atom stereocenters. The van der Waals surface area contributed by atoms with Crippen LogP contribution in [0.2, 0.25) is 0 Å². The van der Waals surface area contributed by atoms with E-state index < -0.39 is 0 Å². The van der Waals surface area contributed by atoms with Gasteiger partial charge in [0.25, 0.3) is 5.56 Å². The maximum absolute atomic E-state index is 13.3. The Balaban J connectivity index is 1.25. The van der Waals surface area contributed by atoms with E-state index in [1.807, 2.05) is 36.4 Å². The average Bonchev–Trinajstić information content (AvgIpc) is 3.19. The summed E-state index contributed by atoms with van der Waals surface area (Å²) in [6.07, 6.45) is 0.800. The number of hydrogen-bond donors (Lipinski definition) is 2. The molecule has 6 heteroatoms. The number of aromatic nitrogens is 1. The van der Waals surface area contributed by atoms with Crippen molar-refractivity contribution in [2.45, 2.75) is 24.9 Å². The van der Waals surface area contributed by atoms with Crippen molar-refractivity contribution >= 4 is 16.9 Å². The molecular formula is C22H20FN3O2. The van der Waals surface area contributed by atoms with Gasteiger partial charge in [0.1, 0.15) is 5.82 Å². The Morgan fingerprint density at radius 1 is 1.21 bits per heavy atom. The van der Waals surface area contributed by atoms with Crippen LogP contribution >= 0.6 is 0 Å². The molecule has 142 valence electrons. The Morgan fingerprint density at radius 3 is 2.89 bits per heavy atom. The first-order chi connectivity index (χ1) is 13.5. The zero-order valence-corrected chi connectivity index (χ0v) is 15.4. The molecule has 2 aromatic carbocycles. The molecule has 5 nitrogen and oxygen atoms in total. The van der Waals surface area contributed by atoms with Crippen LogP contribution in [0.4, 0.5) is 9.18 Å². The van der Waals surface area contributed by atoms with E-state index in [1.54, 1.807) is 17.7 Å². The SMILES string of the molecule is Cn1c(=O)c(CNC(=O)NC2C3Cc4cc(F)ccc4C32)cc2ccccc21. The Hall–Kier alpha value is -3.15. The fourth-order valence-electron chi connectivity index (χ4n) is 4.57.